The highest BCUT2D eigenvalue weighted by Crippen LogP contribution is 2.23. The van der Waals surface area contributed by atoms with Crippen molar-refractivity contribution in [3.63, 3.8) is 0 Å². The molecule has 0 N–H and O–H groups in total. The Bertz CT molecular complexity index is 576. The summed E-state index contributed by atoms with van der Waals surface area (Å²) in [4.78, 5) is 25.8. The first kappa shape index (κ1) is 17.3. The summed E-state index contributed by atoms with van der Waals surface area (Å²) in [6.07, 6.45) is 0.758. The van der Waals surface area contributed by atoms with Gasteiger partial charge in [-0.3, -0.25) is 9.59 Å². The molecule has 0 radical (unpaired) electrons. The Kier molecular flexibility index (Phi) is 5.64. The number of rotatable bonds is 4. The molecule has 0 aliphatic carbocycles. The first-order chi connectivity index (χ1) is 10.9. The molecular weight excluding hydrogens is 294 g/mol. The SMILES string of the molecule is COC(=O)C1CCN(C(=O)[C@@H](C)Oc2cccc(C)c2C)CC1. The van der Waals surface area contributed by atoms with Gasteiger partial charge in [0.25, 0.3) is 5.91 Å². The van der Waals surface area contributed by atoms with Crippen molar-refractivity contribution in [2.45, 2.75) is 39.7 Å². The second-order valence-electron chi connectivity index (χ2n) is 6.08. The zero-order chi connectivity index (χ0) is 17.0. The minimum absolute atomic E-state index is 0.0331. The van der Waals surface area contributed by atoms with Crippen LogP contribution in [-0.2, 0) is 14.3 Å². The smallest absolute Gasteiger partial charge is 0.308 e. The second-order valence-corrected chi connectivity index (χ2v) is 6.08. The molecule has 1 aromatic carbocycles. The number of hydrogen-bond donors (Lipinski definition) is 0. The lowest BCUT2D eigenvalue weighted by molar-refractivity contribution is -0.150. The van der Waals surface area contributed by atoms with E-state index < -0.39 is 6.10 Å². The average molecular weight is 319 g/mol. The minimum Gasteiger partial charge on any atom is -0.481 e. The molecule has 1 fully saturated rings. The van der Waals surface area contributed by atoms with E-state index in [2.05, 4.69) is 0 Å². The van der Waals surface area contributed by atoms with Gasteiger partial charge in [-0.05, 0) is 50.8 Å². The van der Waals surface area contributed by atoms with E-state index in [0.29, 0.717) is 25.9 Å². The third-order valence-corrected chi connectivity index (χ3v) is 4.55. The van der Waals surface area contributed by atoms with Crippen LogP contribution in [0, 0.1) is 19.8 Å². The highest BCUT2D eigenvalue weighted by molar-refractivity contribution is 5.81. The number of methoxy groups -OCH3 is 1. The summed E-state index contributed by atoms with van der Waals surface area (Å²) in [6, 6.07) is 5.83. The fourth-order valence-electron chi connectivity index (χ4n) is 2.85. The molecule has 0 saturated carbocycles. The number of piperidine rings is 1. The topological polar surface area (TPSA) is 55.8 Å². The number of hydrogen-bond acceptors (Lipinski definition) is 4. The van der Waals surface area contributed by atoms with Crippen molar-refractivity contribution in [1.29, 1.82) is 0 Å². The van der Waals surface area contributed by atoms with Crippen LogP contribution < -0.4 is 4.74 Å². The van der Waals surface area contributed by atoms with Crippen LogP contribution in [0.1, 0.15) is 30.9 Å². The second kappa shape index (κ2) is 7.49. The van der Waals surface area contributed by atoms with E-state index in [9.17, 15) is 9.59 Å². The molecule has 1 aliphatic heterocycles. The van der Waals surface area contributed by atoms with Gasteiger partial charge < -0.3 is 14.4 Å². The largest absolute Gasteiger partial charge is 0.481 e. The molecule has 2 rings (SSSR count). The monoisotopic (exact) mass is 319 g/mol. The van der Waals surface area contributed by atoms with E-state index in [1.165, 1.54) is 7.11 Å². The molecule has 23 heavy (non-hydrogen) atoms. The summed E-state index contributed by atoms with van der Waals surface area (Å²) in [5, 5.41) is 0. The van der Waals surface area contributed by atoms with Gasteiger partial charge in [0.2, 0.25) is 0 Å². The molecule has 1 atom stereocenters. The Morgan fingerprint density at radius 3 is 2.48 bits per heavy atom. The van der Waals surface area contributed by atoms with Crippen molar-refractivity contribution in [2.24, 2.45) is 5.92 Å². The summed E-state index contributed by atoms with van der Waals surface area (Å²) >= 11 is 0. The molecule has 0 bridgehead atoms. The quantitative estimate of drug-likeness (QED) is 0.800. The minimum atomic E-state index is -0.537. The number of ether oxygens (including phenoxy) is 2. The van der Waals surface area contributed by atoms with E-state index in [-0.39, 0.29) is 17.8 Å². The van der Waals surface area contributed by atoms with Crippen LogP contribution in [-0.4, -0.2) is 43.1 Å². The summed E-state index contributed by atoms with van der Waals surface area (Å²) in [5.41, 5.74) is 2.19. The van der Waals surface area contributed by atoms with Crippen molar-refractivity contribution < 1.29 is 19.1 Å². The van der Waals surface area contributed by atoms with Gasteiger partial charge in [-0.1, -0.05) is 12.1 Å². The number of esters is 1. The van der Waals surface area contributed by atoms with E-state index in [1.807, 2.05) is 32.0 Å². The lowest BCUT2D eigenvalue weighted by Crippen LogP contribution is -2.45. The number of benzene rings is 1. The van der Waals surface area contributed by atoms with Gasteiger partial charge in [0, 0.05) is 13.1 Å². The predicted octanol–water partition coefficient (Wildman–Crippen LogP) is 2.48. The number of carbonyl (C=O) groups excluding carboxylic acids is 2. The number of likely N-dealkylation sites (tertiary alicyclic amines) is 1. The van der Waals surface area contributed by atoms with Crippen molar-refractivity contribution >= 4 is 11.9 Å². The fourth-order valence-corrected chi connectivity index (χ4v) is 2.85. The molecule has 5 nitrogen and oxygen atoms in total. The fraction of sp³-hybridized carbons (Fsp3) is 0.556. The molecule has 1 aliphatic rings. The van der Waals surface area contributed by atoms with E-state index in [4.69, 9.17) is 9.47 Å². The molecule has 0 aromatic heterocycles. The van der Waals surface area contributed by atoms with E-state index in [1.54, 1.807) is 11.8 Å². The van der Waals surface area contributed by atoms with Crippen molar-refractivity contribution in [3.05, 3.63) is 29.3 Å². The standard InChI is InChI=1S/C18H25NO4/c1-12-6-5-7-16(13(12)2)23-14(3)17(20)19-10-8-15(9-11-19)18(21)22-4/h5-7,14-15H,8-11H2,1-4H3/t14-/m1/s1. The summed E-state index contributed by atoms with van der Waals surface area (Å²) in [7, 11) is 1.40. The van der Waals surface area contributed by atoms with Crippen LogP contribution in [0.4, 0.5) is 0 Å². The first-order valence-corrected chi connectivity index (χ1v) is 8.03. The van der Waals surface area contributed by atoms with Crippen LogP contribution in [0.5, 0.6) is 5.75 Å². The average Bonchev–Trinajstić information content (AvgIpc) is 2.57. The number of aryl methyl sites for hydroxylation is 1. The van der Waals surface area contributed by atoms with Gasteiger partial charge >= 0.3 is 5.97 Å². The maximum absolute atomic E-state index is 12.5. The number of nitrogens with zero attached hydrogens (tertiary/aromatic N) is 1. The van der Waals surface area contributed by atoms with Gasteiger partial charge in [-0.25, -0.2) is 0 Å². The van der Waals surface area contributed by atoms with Gasteiger partial charge in [0.05, 0.1) is 13.0 Å². The molecule has 1 heterocycles. The molecule has 0 unspecified atom stereocenters. The summed E-state index contributed by atoms with van der Waals surface area (Å²) in [6.45, 7) is 6.92. The Labute approximate surface area is 137 Å². The molecular formula is C18H25NO4. The predicted molar refractivity (Wildman–Crippen MR) is 87.3 cm³/mol. The highest BCUT2D eigenvalue weighted by Gasteiger charge is 2.30. The lowest BCUT2D eigenvalue weighted by Gasteiger charge is -2.32. The molecule has 0 spiro atoms. The Balaban J connectivity index is 1.93. The summed E-state index contributed by atoms with van der Waals surface area (Å²) < 4.78 is 10.6. The van der Waals surface area contributed by atoms with Crippen molar-refractivity contribution in [1.82, 2.24) is 4.90 Å². The zero-order valence-electron chi connectivity index (χ0n) is 14.3. The van der Waals surface area contributed by atoms with Crippen LogP contribution in [0.2, 0.25) is 0 Å². The highest BCUT2D eigenvalue weighted by atomic mass is 16.5. The Hall–Kier alpha value is -2.04. The van der Waals surface area contributed by atoms with Gasteiger partial charge in [-0.2, -0.15) is 0 Å². The molecule has 126 valence electrons. The van der Waals surface area contributed by atoms with Gasteiger partial charge in [-0.15, -0.1) is 0 Å². The number of carbonyl (C=O) groups is 2. The van der Waals surface area contributed by atoms with Crippen molar-refractivity contribution in [3.8, 4) is 5.75 Å². The maximum atomic E-state index is 12.5. The molecule has 1 amide bonds. The van der Waals surface area contributed by atoms with Crippen LogP contribution >= 0.6 is 0 Å². The third kappa shape index (κ3) is 4.03. The number of amides is 1. The maximum Gasteiger partial charge on any atom is 0.308 e. The lowest BCUT2D eigenvalue weighted by atomic mass is 9.97. The zero-order valence-corrected chi connectivity index (χ0v) is 14.3. The molecule has 5 heteroatoms. The third-order valence-electron chi connectivity index (χ3n) is 4.55. The van der Waals surface area contributed by atoms with Crippen LogP contribution in [0.3, 0.4) is 0 Å². The van der Waals surface area contributed by atoms with E-state index in [0.717, 1.165) is 16.9 Å². The molecule has 1 aromatic rings. The van der Waals surface area contributed by atoms with Crippen LogP contribution in [0.25, 0.3) is 0 Å². The Morgan fingerprint density at radius 1 is 1.22 bits per heavy atom. The van der Waals surface area contributed by atoms with Gasteiger partial charge in [0.1, 0.15) is 5.75 Å². The van der Waals surface area contributed by atoms with E-state index >= 15 is 0 Å². The first-order valence-electron chi connectivity index (χ1n) is 8.03. The van der Waals surface area contributed by atoms with Gasteiger partial charge in [0.15, 0.2) is 6.10 Å². The van der Waals surface area contributed by atoms with Crippen molar-refractivity contribution in [2.75, 3.05) is 20.2 Å². The normalized spacial score (nSPS) is 16.8. The summed E-state index contributed by atoms with van der Waals surface area (Å²) in [5.74, 6) is 0.431. The molecule has 1 saturated heterocycles. The Morgan fingerprint density at radius 2 is 1.87 bits per heavy atom. The van der Waals surface area contributed by atoms with Crippen LogP contribution in [0.15, 0.2) is 18.2 Å².